The lowest BCUT2D eigenvalue weighted by Crippen LogP contribution is -2.06. The van der Waals surface area contributed by atoms with E-state index in [0.29, 0.717) is 10.6 Å². The predicted molar refractivity (Wildman–Crippen MR) is 74.4 cm³/mol. The zero-order chi connectivity index (χ0) is 12.8. The summed E-state index contributed by atoms with van der Waals surface area (Å²) >= 11 is 3.38. The quantitative estimate of drug-likeness (QED) is 0.636. The standard InChI is InChI=1S/C12H17NO2S2/c1-4-16-5-6-17-11-10(12(14)15)8(2)7-9(3)13-11/h7H,4-6H2,1-3H3,(H,14,15). The van der Waals surface area contributed by atoms with Crippen LogP contribution in [-0.4, -0.2) is 33.3 Å². The van der Waals surface area contributed by atoms with Gasteiger partial charge < -0.3 is 5.11 Å². The van der Waals surface area contributed by atoms with E-state index >= 15 is 0 Å². The third-order valence-electron chi connectivity index (χ3n) is 2.20. The van der Waals surface area contributed by atoms with Gasteiger partial charge in [0.15, 0.2) is 0 Å². The number of aromatic carboxylic acids is 1. The summed E-state index contributed by atoms with van der Waals surface area (Å²) in [7, 11) is 0. The van der Waals surface area contributed by atoms with Gasteiger partial charge in [-0.3, -0.25) is 0 Å². The second-order valence-corrected chi connectivity index (χ2v) is 6.09. The highest BCUT2D eigenvalue weighted by atomic mass is 32.2. The number of carbonyl (C=O) groups is 1. The van der Waals surface area contributed by atoms with Crippen LogP contribution in [0, 0.1) is 13.8 Å². The van der Waals surface area contributed by atoms with Crippen molar-refractivity contribution < 1.29 is 9.90 Å². The van der Waals surface area contributed by atoms with E-state index in [1.165, 1.54) is 11.8 Å². The van der Waals surface area contributed by atoms with Crippen LogP contribution >= 0.6 is 23.5 Å². The first-order chi connectivity index (χ1) is 8.06. The maximum atomic E-state index is 11.2. The van der Waals surface area contributed by atoms with E-state index in [1.807, 2.05) is 31.7 Å². The number of aryl methyl sites for hydroxylation is 2. The molecule has 1 rings (SSSR count). The summed E-state index contributed by atoms with van der Waals surface area (Å²) in [5, 5.41) is 9.83. The second-order valence-electron chi connectivity index (χ2n) is 3.61. The maximum Gasteiger partial charge on any atom is 0.338 e. The largest absolute Gasteiger partial charge is 0.478 e. The van der Waals surface area contributed by atoms with Crippen LogP contribution in [0.25, 0.3) is 0 Å². The summed E-state index contributed by atoms with van der Waals surface area (Å²) in [5.74, 6) is 2.12. The number of pyridine rings is 1. The number of thioether (sulfide) groups is 2. The summed E-state index contributed by atoms with van der Waals surface area (Å²) in [6, 6.07) is 1.81. The van der Waals surface area contributed by atoms with Crippen LogP contribution in [0.3, 0.4) is 0 Å². The minimum absolute atomic E-state index is 0.349. The average Bonchev–Trinajstić information content (AvgIpc) is 2.22. The number of aromatic nitrogens is 1. The monoisotopic (exact) mass is 271 g/mol. The van der Waals surface area contributed by atoms with E-state index < -0.39 is 5.97 Å². The molecule has 5 heteroatoms. The van der Waals surface area contributed by atoms with Gasteiger partial charge in [-0.1, -0.05) is 6.92 Å². The maximum absolute atomic E-state index is 11.2. The van der Waals surface area contributed by atoms with E-state index in [-0.39, 0.29) is 0 Å². The van der Waals surface area contributed by atoms with Gasteiger partial charge in [0.25, 0.3) is 0 Å². The van der Waals surface area contributed by atoms with Gasteiger partial charge in [0.2, 0.25) is 0 Å². The molecule has 0 saturated carbocycles. The highest BCUT2D eigenvalue weighted by Crippen LogP contribution is 2.25. The smallest absolute Gasteiger partial charge is 0.338 e. The molecular weight excluding hydrogens is 254 g/mol. The molecule has 3 nitrogen and oxygen atoms in total. The van der Waals surface area contributed by atoms with Crippen LogP contribution in [0.2, 0.25) is 0 Å². The molecule has 0 spiro atoms. The van der Waals surface area contributed by atoms with Gasteiger partial charge in [0, 0.05) is 17.2 Å². The van der Waals surface area contributed by atoms with Crippen molar-refractivity contribution in [1.29, 1.82) is 0 Å². The molecule has 1 heterocycles. The van der Waals surface area contributed by atoms with E-state index in [2.05, 4.69) is 11.9 Å². The summed E-state index contributed by atoms with van der Waals surface area (Å²) < 4.78 is 0. The van der Waals surface area contributed by atoms with Crippen molar-refractivity contribution in [2.24, 2.45) is 0 Å². The molecule has 0 saturated heterocycles. The first kappa shape index (κ1) is 14.4. The van der Waals surface area contributed by atoms with Crippen LogP contribution in [-0.2, 0) is 0 Å². The number of nitrogens with zero attached hydrogens (tertiary/aromatic N) is 1. The van der Waals surface area contributed by atoms with Gasteiger partial charge in [0.1, 0.15) is 5.03 Å². The Morgan fingerprint density at radius 3 is 2.71 bits per heavy atom. The van der Waals surface area contributed by atoms with Crippen molar-refractivity contribution in [2.75, 3.05) is 17.3 Å². The number of rotatable bonds is 6. The number of carboxylic acid groups (broad SMARTS) is 1. The average molecular weight is 271 g/mol. The van der Waals surface area contributed by atoms with Gasteiger partial charge >= 0.3 is 5.97 Å². The lowest BCUT2D eigenvalue weighted by Gasteiger charge is -2.09. The zero-order valence-electron chi connectivity index (χ0n) is 10.3. The van der Waals surface area contributed by atoms with E-state index in [1.54, 1.807) is 0 Å². The van der Waals surface area contributed by atoms with Crippen molar-refractivity contribution in [3.05, 3.63) is 22.9 Å². The van der Waals surface area contributed by atoms with E-state index in [9.17, 15) is 9.90 Å². The normalized spacial score (nSPS) is 10.5. The van der Waals surface area contributed by atoms with Gasteiger partial charge in [-0.25, -0.2) is 9.78 Å². The summed E-state index contributed by atoms with van der Waals surface area (Å²) in [6.45, 7) is 5.83. The second kappa shape index (κ2) is 6.91. The third-order valence-corrected chi connectivity index (χ3v) is 4.33. The Kier molecular flexibility index (Phi) is 5.85. The Bertz CT molecular complexity index is 408. The first-order valence-electron chi connectivity index (χ1n) is 5.48. The minimum atomic E-state index is -0.888. The fourth-order valence-electron chi connectivity index (χ4n) is 1.51. The molecule has 17 heavy (non-hydrogen) atoms. The summed E-state index contributed by atoms with van der Waals surface area (Å²) in [5.41, 5.74) is 2.01. The van der Waals surface area contributed by atoms with Crippen LogP contribution in [0.5, 0.6) is 0 Å². The number of carboxylic acids is 1. The molecule has 1 aromatic heterocycles. The topological polar surface area (TPSA) is 50.2 Å². The van der Waals surface area contributed by atoms with Crippen molar-refractivity contribution >= 4 is 29.5 Å². The van der Waals surface area contributed by atoms with Crippen molar-refractivity contribution in [1.82, 2.24) is 4.98 Å². The van der Waals surface area contributed by atoms with E-state index in [0.717, 1.165) is 28.5 Å². The molecular formula is C12H17NO2S2. The Morgan fingerprint density at radius 2 is 2.12 bits per heavy atom. The zero-order valence-corrected chi connectivity index (χ0v) is 12.0. The first-order valence-corrected chi connectivity index (χ1v) is 7.62. The highest BCUT2D eigenvalue weighted by Gasteiger charge is 2.15. The van der Waals surface area contributed by atoms with E-state index in [4.69, 9.17) is 0 Å². The molecule has 0 unspecified atom stereocenters. The lowest BCUT2D eigenvalue weighted by molar-refractivity contribution is 0.0691. The van der Waals surface area contributed by atoms with Gasteiger partial charge in [-0.15, -0.1) is 11.8 Å². The highest BCUT2D eigenvalue weighted by molar-refractivity contribution is 8.02. The molecule has 0 bridgehead atoms. The molecule has 0 radical (unpaired) electrons. The van der Waals surface area contributed by atoms with Crippen molar-refractivity contribution in [3.8, 4) is 0 Å². The molecule has 1 aromatic rings. The molecule has 0 fully saturated rings. The number of hydrogen-bond acceptors (Lipinski definition) is 4. The fourth-order valence-corrected chi connectivity index (χ4v) is 3.40. The third kappa shape index (κ3) is 4.24. The van der Waals surface area contributed by atoms with Crippen molar-refractivity contribution in [3.63, 3.8) is 0 Å². The lowest BCUT2D eigenvalue weighted by atomic mass is 10.1. The van der Waals surface area contributed by atoms with Crippen LogP contribution in [0.15, 0.2) is 11.1 Å². The Hall–Kier alpha value is -0.680. The summed E-state index contributed by atoms with van der Waals surface area (Å²) in [4.78, 5) is 15.5. The SMILES string of the molecule is CCSCCSc1nc(C)cc(C)c1C(=O)O. The molecule has 0 aromatic carbocycles. The Morgan fingerprint density at radius 1 is 1.41 bits per heavy atom. The summed E-state index contributed by atoms with van der Waals surface area (Å²) in [6.07, 6.45) is 0. The Labute approximate surface area is 110 Å². The Balaban J connectivity index is 2.85. The molecule has 0 aliphatic carbocycles. The number of hydrogen-bond donors (Lipinski definition) is 1. The van der Waals surface area contributed by atoms with Gasteiger partial charge in [0.05, 0.1) is 5.56 Å². The fraction of sp³-hybridized carbons (Fsp3) is 0.500. The van der Waals surface area contributed by atoms with Crippen LogP contribution in [0.1, 0.15) is 28.5 Å². The minimum Gasteiger partial charge on any atom is -0.478 e. The van der Waals surface area contributed by atoms with Gasteiger partial charge in [-0.2, -0.15) is 11.8 Å². The molecule has 94 valence electrons. The van der Waals surface area contributed by atoms with Crippen molar-refractivity contribution in [2.45, 2.75) is 25.8 Å². The van der Waals surface area contributed by atoms with Crippen LogP contribution < -0.4 is 0 Å². The molecule has 0 atom stereocenters. The molecule has 0 aliphatic rings. The molecule has 1 N–H and O–H groups in total. The van der Waals surface area contributed by atoms with Crippen LogP contribution in [0.4, 0.5) is 0 Å². The predicted octanol–water partition coefficient (Wildman–Crippen LogP) is 3.24. The van der Waals surface area contributed by atoms with Gasteiger partial charge in [-0.05, 0) is 31.2 Å². The molecule has 0 amide bonds. The molecule has 0 aliphatic heterocycles.